The molecule has 0 aromatic carbocycles. The first-order valence-electron chi connectivity index (χ1n) is 8.50. The molecule has 6 heteroatoms. The summed E-state index contributed by atoms with van der Waals surface area (Å²) in [4.78, 5) is 13.9. The first-order valence-corrected chi connectivity index (χ1v) is 9.31. The number of rotatable bonds is 3. The van der Waals surface area contributed by atoms with E-state index in [1.165, 1.54) is 41.9 Å². The zero-order chi connectivity index (χ0) is 15.1. The van der Waals surface area contributed by atoms with Crippen molar-refractivity contribution in [3.8, 4) is 0 Å². The lowest BCUT2D eigenvalue weighted by Gasteiger charge is -2.48. The first-order chi connectivity index (χ1) is 10.7. The summed E-state index contributed by atoms with van der Waals surface area (Å²) in [5, 5.41) is 1.22. The molecule has 0 saturated carbocycles. The highest BCUT2D eigenvalue weighted by Crippen LogP contribution is 2.33. The smallest absolute Gasteiger partial charge is 0.185 e. The number of thiazole rings is 1. The molecule has 2 fully saturated rings. The number of ether oxygens (including phenoxy) is 1. The van der Waals surface area contributed by atoms with E-state index in [2.05, 4.69) is 28.5 Å². The molecular weight excluding hydrogens is 296 g/mol. The van der Waals surface area contributed by atoms with Gasteiger partial charge in [0.2, 0.25) is 0 Å². The Morgan fingerprint density at radius 1 is 1.18 bits per heavy atom. The van der Waals surface area contributed by atoms with Gasteiger partial charge in [-0.25, -0.2) is 4.98 Å². The van der Waals surface area contributed by atoms with Gasteiger partial charge in [0.25, 0.3) is 0 Å². The molecule has 0 atom stereocenters. The van der Waals surface area contributed by atoms with E-state index in [0.717, 1.165) is 38.8 Å². The molecule has 2 saturated heterocycles. The molecule has 3 aliphatic heterocycles. The largest absolute Gasteiger partial charge is 0.375 e. The van der Waals surface area contributed by atoms with Gasteiger partial charge in [0.15, 0.2) is 5.13 Å². The van der Waals surface area contributed by atoms with Gasteiger partial charge in [-0.05, 0) is 13.8 Å². The molecule has 1 aromatic heterocycles. The van der Waals surface area contributed by atoms with Crippen LogP contribution in [0.5, 0.6) is 0 Å². The van der Waals surface area contributed by atoms with Crippen LogP contribution in [0, 0.1) is 0 Å². The number of nitrogens with zero attached hydrogens (tertiary/aromatic N) is 4. The van der Waals surface area contributed by atoms with E-state index in [0.29, 0.717) is 6.04 Å². The van der Waals surface area contributed by atoms with Crippen molar-refractivity contribution in [3.05, 3.63) is 10.6 Å². The molecule has 0 N–H and O–H groups in total. The second-order valence-electron chi connectivity index (χ2n) is 6.89. The van der Waals surface area contributed by atoms with Crippen molar-refractivity contribution in [2.45, 2.75) is 39.0 Å². The fourth-order valence-electron chi connectivity index (χ4n) is 3.61. The maximum Gasteiger partial charge on any atom is 0.185 e. The maximum absolute atomic E-state index is 5.53. The molecule has 22 heavy (non-hydrogen) atoms. The summed E-state index contributed by atoms with van der Waals surface area (Å²) < 4.78 is 5.53. The molecule has 0 spiro atoms. The van der Waals surface area contributed by atoms with Crippen molar-refractivity contribution in [1.82, 2.24) is 14.8 Å². The summed E-state index contributed by atoms with van der Waals surface area (Å²) >= 11 is 1.84. The van der Waals surface area contributed by atoms with Crippen LogP contribution in [0.15, 0.2) is 0 Å². The maximum atomic E-state index is 5.53. The minimum absolute atomic E-state index is 0.684. The average molecular weight is 322 g/mol. The molecule has 122 valence electrons. The third-order valence-electron chi connectivity index (χ3n) is 5.21. The molecule has 4 heterocycles. The number of piperazine rings is 1. The summed E-state index contributed by atoms with van der Waals surface area (Å²) in [5.74, 6) is 0. The van der Waals surface area contributed by atoms with Gasteiger partial charge < -0.3 is 9.64 Å². The van der Waals surface area contributed by atoms with Gasteiger partial charge in [-0.2, -0.15) is 0 Å². The standard InChI is InChI=1S/C16H26N4OS/c1-12(2)18-4-6-19(7-5-18)13-9-20(10-13)16-17-14-3-8-21-11-15(14)22-16/h12-13H,3-11H2,1-2H3. The lowest BCUT2D eigenvalue weighted by atomic mass is 10.1. The molecule has 3 aliphatic rings. The Bertz CT molecular complexity index is 495. The van der Waals surface area contributed by atoms with E-state index < -0.39 is 0 Å². The lowest BCUT2D eigenvalue weighted by molar-refractivity contribution is 0.0678. The van der Waals surface area contributed by atoms with Crippen LogP contribution in [0.1, 0.15) is 24.4 Å². The topological polar surface area (TPSA) is 31.8 Å². The highest BCUT2D eigenvalue weighted by molar-refractivity contribution is 7.15. The zero-order valence-corrected chi connectivity index (χ0v) is 14.4. The third-order valence-corrected chi connectivity index (χ3v) is 6.34. The Balaban J connectivity index is 1.30. The van der Waals surface area contributed by atoms with Gasteiger partial charge in [-0.3, -0.25) is 9.80 Å². The average Bonchev–Trinajstić information content (AvgIpc) is 2.89. The van der Waals surface area contributed by atoms with E-state index >= 15 is 0 Å². The second-order valence-corrected chi connectivity index (χ2v) is 7.96. The fourth-order valence-corrected chi connectivity index (χ4v) is 4.67. The van der Waals surface area contributed by atoms with Crippen LogP contribution in [0.25, 0.3) is 0 Å². The molecular formula is C16H26N4OS. The molecule has 0 radical (unpaired) electrons. The van der Waals surface area contributed by atoms with E-state index in [-0.39, 0.29) is 0 Å². The number of hydrogen-bond acceptors (Lipinski definition) is 6. The Morgan fingerprint density at radius 2 is 1.95 bits per heavy atom. The van der Waals surface area contributed by atoms with E-state index in [4.69, 9.17) is 9.72 Å². The van der Waals surface area contributed by atoms with Gasteiger partial charge in [-0.1, -0.05) is 11.3 Å². The first kappa shape index (κ1) is 14.9. The summed E-state index contributed by atoms with van der Waals surface area (Å²) in [5.41, 5.74) is 1.28. The fraction of sp³-hybridized carbons (Fsp3) is 0.812. The number of anilines is 1. The zero-order valence-electron chi connectivity index (χ0n) is 13.6. The minimum atomic E-state index is 0.684. The molecule has 0 bridgehead atoms. The van der Waals surface area contributed by atoms with Crippen LogP contribution in [-0.2, 0) is 17.8 Å². The van der Waals surface area contributed by atoms with Gasteiger partial charge in [0.1, 0.15) is 0 Å². The SMILES string of the molecule is CC(C)N1CCN(C2CN(c3nc4c(s3)COCC4)C2)CC1. The molecule has 0 aliphatic carbocycles. The Labute approximate surface area is 136 Å². The summed E-state index contributed by atoms with van der Waals surface area (Å²) in [6.07, 6.45) is 0.986. The second kappa shape index (κ2) is 6.07. The van der Waals surface area contributed by atoms with Gasteiger partial charge in [-0.15, -0.1) is 0 Å². The molecule has 1 aromatic rings. The molecule has 0 amide bonds. The quantitative estimate of drug-likeness (QED) is 0.840. The van der Waals surface area contributed by atoms with Crippen LogP contribution in [0.3, 0.4) is 0 Å². The third kappa shape index (κ3) is 2.77. The summed E-state index contributed by atoms with van der Waals surface area (Å²) in [6, 6.07) is 1.41. The summed E-state index contributed by atoms with van der Waals surface area (Å²) in [7, 11) is 0. The lowest BCUT2D eigenvalue weighted by Crippen LogP contribution is -2.63. The van der Waals surface area contributed by atoms with Gasteiger partial charge in [0, 0.05) is 57.8 Å². The van der Waals surface area contributed by atoms with Crippen molar-refractivity contribution < 1.29 is 4.74 Å². The molecule has 0 unspecified atom stereocenters. The van der Waals surface area contributed by atoms with Crippen molar-refractivity contribution in [2.24, 2.45) is 0 Å². The van der Waals surface area contributed by atoms with Crippen molar-refractivity contribution >= 4 is 16.5 Å². The van der Waals surface area contributed by atoms with Crippen molar-refractivity contribution in [2.75, 3.05) is 50.8 Å². The highest BCUT2D eigenvalue weighted by Gasteiger charge is 2.35. The number of hydrogen-bond donors (Lipinski definition) is 0. The van der Waals surface area contributed by atoms with E-state index in [1.807, 2.05) is 11.3 Å². The predicted molar refractivity (Wildman–Crippen MR) is 89.8 cm³/mol. The van der Waals surface area contributed by atoms with Gasteiger partial charge >= 0.3 is 0 Å². The normalized spacial score (nSPS) is 24.6. The number of aromatic nitrogens is 1. The van der Waals surface area contributed by atoms with Crippen LogP contribution in [-0.4, -0.2) is 72.7 Å². The molecule has 5 nitrogen and oxygen atoms in total. The van der Waals surface area contributed by atoms with Crippen molar-refractivity contribution in [3.63, 3.8) is 0 Å². The van der Waals surface area contributed by atoms with Crippen LogP contribution >= 0.6 is 11.3 Å². The van der Waals surface area contributed by atoms with Crippen molar-refractivity contribution in [1.29, 1.82) is 0 Å². The summed E-state index contributed by atoms with van der Waals surface area (Å²) in [6.45, 7) is 13.4. The highest BCUT2D eigenvalue weighted by atomic mass is 32.1. The van der Waals surface area contributed by atoms with E-state index in [9.17, 15) is 0 Å². The Kier molecular flexibility index (Phi) is 4.11. The van der Waals surface area contributed by atoms with E-state index in [1.54, 1.807) is 0 Å². The Hall–Kier alpha value is -0.690. The predicted octanol–water partition coefficient (Wildman–Crippen LogP) is 1.43. The van der Waals surface area contributed by atoms with Gasteiger partial charge in [0.05, 0.1) is 23.8 Å². The molecule has 4 rings (SSSR count). The van der Waals surface area contributed by atoms with Crippen LogP contribution < -0.4 is 4.90 Å². The monoisotopic (exact) mass is 322 g/mol. The van der Waals surface area contributed by atoms with Crippen LogP contribution in [0.4, 0.5) is 5.13 Å². The Morgan fingerprint density at radius 3 is 2.64 bits per heavy atom. The van der Waals surface area contributed by atoms with Crippen LogP contribution in [0.2, 0.25) is 0 Å². The minimum Gasteiger partial charge on any atom is -0.375 e. The number of fused-ring (bicyclic) bond motifs is 1.